The van der Waals surface area contributed by atoms with Crippen LogP contribution in [0.2, 0.25) is 0 Å². The average molecular weight is 318 g/mol. The van der Waals surface area contributed by atoms with Gasteiger partial charge in [0, 0.05) is 19.6 Å². The molecule has 3 aliphatic rings. The van der Waals surface area contributed by atoms with E-state index in [2.05, 4.69) is 9.62 Å². The summed E-state index contributed by atoms with van der Waals surface area (Å²) < 4.78 is 30.4. The highest BCUT2D eigenvalue weighted by atomic mass is 32.2. The zero-order valence-electron chi connectivity index (χ0n) is 12.6. The Hall–Kier alpha value is -0.210. The Balaban J connectivity index is 1.55. The third kappa shape index (κ3) is 4.63. The van der Waals surface area contributed by atoms with Crippen LogP contribution in [-0.2, 0) is 14.8 Å². The molecule has 2 N–H and O–H groups in total. The molecule has 2 saturated carbocycles. The SMILES string of the molecule is CS(=O)(=O)NC[C@H]1OC[C@@H](N(CC2CC2)CC2CC2)[C@@H]1O. The standard InChI is InChI=1S/C14H26N2O4S/c1-21(18,19)15-6-13-14(17)12(9-20-13)16(7-10-2-3-10)8-11-4-5-11/h10-15,17H,2-9H2,1H3/t12-,13-,14+/m1/s1. The molecule has 0 bridgehead atoms. The molecule has 0 radical (unpaired) electrons. The Morgan fingerprint density at radius 3 is 2.24 bits per heavy atom. The zero-order valence-corrected chi connectivity index (χ0v) is 13.4. The predicted molar refractivity (Wildman–Crippen MR) is 79.4 cm³/mol. The first-order chi connectivity index (χ1) is 9.92. The molecular weight excluding hydrogens is 292 g/mol. The first kappa shape index (κ1) is 15.7. The number of aliphatic hydroxyl groups is 1. The zero-order chi connectivity index (χ0) is 15.0. The summed E-state index contributed by atoms with van der Waals surface area (Å²) in [6.45, 7) is 2.75. The summed E-state index contributed by atoms with van der Waals surface area (Å²) in [6.07, 6.45) is 5.25. The number of nitrogens with one attached hydrogen (secondary N) is 1. The summed E-state index contributed by atoms with van der Waals surface area (Å²) in [4.78, 5) is 2.39. The highest BCUT2D eigenvalue weighted by molar-refractivity contribution is 7.88. The van der Waals surface area contributed by atoms with Gasteiger partial charge in [0.05, 0.1) is 31.1 Å². The number of hydrogen-bond donors (Lipinski definition) is 2. The second kappa shape index (κ2) is 6.12. The maximum Gasteiger partial charge on any atom is 0.208 e. The van der Waals surface area contributed by atoms with Crippen LogP contribution in [0.5, 0.6) is 0 Å². The minimum atomic E-state index is -3.25. The maximum atomic E-state index is 11.2. The van der Waals surface area contributed by atoms with E-state index < -0.39 is 22.2 Å². The van der Waals surface area contributed by atoms with Crippen molar-refractivity contribution in [1.29, 1.82) is 0 Å². The van der Waals surface area contributed by atoms with Crippen molar-refractivity contribution < 1.29 is 18.3 Å². The van der Waals surface area contributed by atoms with Gasteiger partial charge in [-0.1, -0.05) is 0 Å². The van der Waals surface area contributed by atoms with E-state index in [1.54, 1.807) is 0 Å². The van der Waals surface area contributed by atoms with E-state index in [-0.39, 0.29) is 12.6 Å². The van der Waals surface area contributed by atoms with Gasteiger partial charge in [-0.05, 0) is 37.5 Å². The summed E-state index contributed by atoms with van der Waals surface area (Å²) in [5.41, 5.74) is 0. The summed E-state index contributed by atoms with van der Waals surface area (Å²) in [5, 5.41) is 10.5. The number of sulfonamides is 1. The highest BCUT2D eigenvalue weighted by Gasteiger charge is 2.42. The lowest BCUT2D eigenvalue weighted by atomic mass is 10.1. The Morgan fingerprint density at radius 1 is 1.19 bits per heavy atom. The van der Waals surface area contributed by atoms with Crippen LogP contribution in [-0.4, -0.2) is 69.2 Å². The van der Waals surface area contributed by atoms with Crippen molar-refractivity contribution in [1.82, 2.24) is 9.62 Å². The van der Waals surface area contributed by atoms with E-state index in [1.165, 1.54) is 25.7 Å². The molecule has 1 heterocycles. The first-order valence-corrected chi connectivity index (χ1v) is 9.80. The van der Waals surface area contributed by atoms with Crippen LogP contribution in [0.15, 0.2) is 0 Å². The number of rotatable bonds is 8. The minimum absolute atomic E-state index is 0.0116. The molecule has 1 saturated heterocycles. The van der Waals surface area contributed by atoms with E-state index in [0.717, 1.165) is 31.2 Å². The van der Waals surface area contributed by atoms with Crippen LogP contribution in [0.1, 0.15) is 25.7 Å². The molecule has 3 fully saturated rings. The van der Waals surface area contributed by atoms with Gasteiger partial charge in [0.2, 0.25) is 10.0 Å². The summed E-state index contributed by atoms with van der Waals surface area (Å²) >= 11 is 0. The van der Waals surface area contributed by atoms with Gasteiger partial charge in [0.1, 0.15) is 0 Å². The van der Waals surface area contributed by atoms with Gasteiger partial charge < -0.3 is 9.84 Å². The molecule has 0 spiro atoms. The molecule has 21 heavy (non-hydrogen) atoms. The molecule has 3 rings (SSSR count). The normalized spacial score (nSPS) is 33.8. The van der Waals surface area contributed by atoms with Gasteiger partial charge >= 0.3 is 0 Å². The third-order valence-corrected chi connectivity index (χ3v) is 5.34. The van der Waals surface area contributed by atoms with E-state index in [9.17, 15) is 13.5 Å². The summed E-state index contributed by atoms with van der Waals surface area (Å²) in [7, 11) is -3.25. The smallest absolute Gasteiger partial charge is 0.208 e. The first-order valence-electron chi connectivity index (χ1n) is 7.91. The fourth-order valence-corrected chi connectivity index (χ4v) is 3.48. The molecule has 3 atom stereocenters. The quantitative estimate of drug-likeness (QED) is 0.647. The summed E-state index contributed by atoms with van der Waals surface area (Å²) in [6, 6.07) is 0.0116. The van der Waals surface area contributed by atoms with E-state index in [4.69, 9.17) is 4.74 Å². The van der Waals surface area contributed by atoms with Crippen LogP contribution < -0.4 is 4.72 Å². The highest BCUT2D eigenvalue weighted by Crippen LogP contribution is 2.36. The van der Waals surface area contributed by atoms with E-state index in [0.29, 0.717) is 6.61 Å². The molecule has 7 heteroatoms. The van der Waals surface area contributed by atoms with Crippen molar-refractivity contribution in [2.45, 2.75) is 43.9 Å². The van der Waals surface area contributed by atoms with E-state index in [1.807, 2.05) is 0 Å². The van der Waals surface area contributed by atoms with Gasteiger partial charge in [-0.3, -0.25) is 4.90 Å². The van der Waals surface area contributed by atoms with Gasteiger partial charge in [-0.2, -0.15) is 0 Å². The van der Waals surface area contributed by atoms with Gasteiger partial charge in [0.25, 0.3) is 0 Å². The lowest BCUT2D eigenvalue weighted by Gasteiger charge is -2.30. The average Bonchev–Trinajstić information content (AvgIpc) is 3.29. The molecule has 0 aromatic rings. The van der Waals surface area contributed by atoms with Crippen LogP contribution in [0.4, 0.5) is 0 Å². The largest absolute Gasteiger partial charge is 0.389 e. The van der Waals surface area contributed by atoms with Crippen molar-refractivity contribution >= 4 is 10.0 Å². The van der Waals surface area contributed by atoms with Crippen LogP contribution in [0, 0.1) is 11.8 Å². The Kier molecular flexibility index (Phi) is 4.57. The van der Waals surface area contributed by atoms with Gasteiger partial charge in [-0.25, -0.2) is 13.1 Å². The van der Waals surface area contributed by atoms with Crippen molar-refractivity contribution in [3.63, 3.8) is 0 Å². The lowest BCUT2D eigenvalue weighted by Crippen LogP contribution is -2.48. The van der Waals surface area contributed by atoms with Crippen molar-refractivity contribution in [2.75, 3.05) is 32.5 Å². The van der Waals surface area contributed by atoms with Crippen LogP contribution >= 0.6 is 0 Å². The fourth-order valence-electron chi connectivity index (χ4n) is 3.01. The third-order valence-electron chi connectivity index (χ3n) is 4.65. The Labute approximate surface area is 126 Å². The molecule has 6 nitrogen and oxygen atoms in total. The summed E-state index contributed by atoms with van der Waals surface area (Å²) in [5.74, 6) is 1.56. The number of ether oxygens (including phenoxy) is 1. The number of aliphatic hydroxyl groups excluding tert-OH is 1. The van der Waals surface area contributed by atoms with Crippen molar-refractivity contribution in [3.8, 4) is 0 Å². The monoisotopic (exact) mass is 318 g/mol. The van der Waals surface area contributed by atoms with Crippen LogP contribution in [0.3, 0.4) is 0 Å². The molecule has 1 aliphatic heterocycles. The Bertz CT molecular complexity index is 448. The topological polar surface area (TPSA) is 78.9 Å². The lowest BCUT2D eigenvalue weighted by molar-refractivity contribution is 0.0342. The molecule has 122 valence electrons. The van der Waals surface area contributed by atoms with Crippen LogP contribution in [0.25, 0.3) is 0 Å². The molecule has 0 amide bonds. The number of hydrogen-bond acceptors (Lipinski definition) is 5. The van der Waals surface area contributed by atoms with Crippen molar-refractivity contribution in [3.05, 3.63) is 0 Å². The van der Waals surface area contributed by atoms with Gasteiger partial charge in [-0.15, -0.1) is 0 Å². The second-order valence-electron chi connectivity index (χ2n) is 6.89. The molecular formula is C14H26N2O4S. The molecule has 0 unspecified atom stereocenters. The minimum Gasteiger partial charge on any atom is -0.389 e. The molecule has 0 aromatic heterocycles. The van der Waals surface area contributed by atoms with Crippen molar-refractivity contribution in [2.24, 2.45) is 11.8 Å². The van der Waals surface area contributed by atoms with E-state index >= 15 is 0 Å². The number of nitrogens with zero attached hydrogens (tertiary/aromatic N) is 1. The molecule has 2 aliphatic carbocycles. The fraction of sp³-hybridized carbons (Fsp3) is 1.00. The maximum absolute atomic E-state index is 11.2. The Morgan fingerprint density at radius 2 is 1.76 bits per heavy atom. The predicted octanol–water partition coefficient (Wildman–Crippen LogP) is -0.214. The van der Waals surface area contributed by atoms with Gasteiger partial charge in [0.15, 0.2) is 0 Å². The molecule has 0 aromatic carbocycles. The second-order valence-corrected chi connectivity index (χ2v) is 8.72.